The summed E-state index contributed by atoms with van der Waals surface area (Å²) in [4.78, 5) is 13.4. The molecule has 2 atom stereocenters. The molecule has 0 aromatic rings. The van der Waals surface area contributed by atoms with Gasteiger partial charge in [-0.05, 0) is 52.1 Å². The van der Waals surface area contributed by atoms with E-state index >= 15 is 0 Å². The zero-order chi connectivity index (χ0) is 13.2. The van der Waals surface area contributed by atoms with E-state index in [1.54, 1.807) is 0 Å². The highest BCUT2D eigenvalue weighted by atomic mass is 16.5. The minimum absolute atomic E-state index is 0.0204. The Bertz CT molecular complexity index is 299. The van der Waals surface area contributed by atoms with Gasteiger partial charge in [-0.2, -0.15) is 0 Å². The lowest BCUT2D eigenvalue weighted by atomic mass is 9.87. The fourth-order valence-electron chi connectivity index (χ4n) is 3.17. The predicted octanol–water partition coefficient (Wildman–Crippen LogP) is 2.13. The third-order valence-electron chi connectivity index (χ3n) is 4.71. The molecule has 0 aliphatic carbocycles. The molecule has 1 N–H and O–H groups in total. The number of carbonyl (C=O) groups is 1. The molecule has 2 fully saturated rings. The first-order valence-corrected chi connectivity index (χ1v) is 7.15. The van der Waals surface area contributed by atoms with Crippen molar-refractivity contribution in [3.63, 3.8) is 0 Å². The van der Waals surface area contributed by atoms with E-state index in [1.165, 1.54) is 0 Å². The molecular weight excluding hydrogens is 230 g/mol. The van der Waals surface area contributed by atoms with E-state index in [1.807, 2.05) is 0 Å². The Morgan fingerprint density at radius 3 is 2.61 bits per heavy atom. The van der Waals surface area contributed by atoms with Gasteiger partial charge in [0.25, 0.3) is 0 Å². The number of aliphatic carboxylic acids is 1. The summed E-state index contributed by atoms with van der Waals surface area (Å²) in [5.74, 6) is -0.751. The highest BCUT2D eigenvalue weighted by molar-refractivity contribution is 5.70. The maximum absolute atomic E-state index is 10.9. The third-order valence-corrected chi connectivity index (χ3v) is 4.71. The van der Waals surface area contributed by atoms with E-state index in [0.29, 0.717) is 6.04 Å². The molecule has 0 saturated carbocycles. The molecule has 2 aliphatic rings. The van der Waals surface area contributed by atoms with Crippen LogP contribution in [0.4, 0.5) is 0 Å². The summed E-state index contributed by atoms with van der Waals surface area (Å²) in [6, 6.07) is 0.582. The molecule has 2 aliphatic heterocycles. The third kappa shape index (κ3) is 3.04. The van der Waals surface area contributed by atoms with E-state index in [2.05, 4.69) is 18.7 Å². The quantitative estimate of drug-likeness (QED) is 0.839. The number of ether oxygens (including phenoxy) is 1. The Labute approximate surface area is 109 Å². The van der Waals surface area contributed by atoms with Crippen molar-refractivity contribution in [2.75, 3.05) is 19.7 Å². The van der Waals surface area contributed by atoms with E-state index in [9.17, 15) is 4.79 Å². The lowest BCUT2D eigenvalue weighted by Gasteiger charge is -2.44. The molecule has 2 saturated heterocycles. The standard InChI is InChI=1S/C14H25NO3/c1-3-14(2)10-12(6-9-18-14)15-7-4-11(5-8-15)13(16)17/h11-12H,3-10H2,1-2H3,(H,16,17). The van der Waals surface area contributed by atoms with Gasteiger partial charge in [-0.25, -0.2) is 0 Å². The molecule has 2 unspecified atom stereocenters. The number of carboxylic acid groups (broad SMARTS) is 1. The molecule has 2 heterocycles. The lowest BCUT2D eigenvalue weighted by molar-refractivity contribution is -0.144. The maximum Gasteiger partial charge on any atom is 0.306 e. The molecule has 0 aromatic heterocycles. The van der Waals surface area contributed by atoms with E-state index in [4.69, 9.17) is 9.84 Å². The van der Waals surface area contributed by atoms with Crippen LogP contribution in [0, 0.1) is 5.92 Å². The largest absolute Gasteiger partial charge is 0.481 e. The topological polar surface area (TPSA) is 49.8 Å². The maximum atomic E-state index is 10.9. The molecule has 0 aromatic carbocycles. The van der Waals surface area contributed by atoms with Crippen molar-refractivity contribution < 1.29 is 14.6 Å². The molecule has 18 heavy (non-hydrogen) atoms. The van der Waals surface area contributed by atoms with Gasteiger partial charge in [0.15, 0.2) is 0 Å². The van der Waals surface area contributed by atoms with Gasteiger partial charge in [-0.15, -0.1) is 0 Å². The second kappa shape index (κ2) is 5.57. The molecular formula is C14H25NO3. The summed E-state index contributed by atoms with van der Waals surface area (Å²) in [6.45, 7) is 7.08. The zero-order valence-electron chi connectivity index (χ0n) is 11.5. The summed E-state index contributed by atoms with van der Waals surface area (Å²) >= 11 is 0. The first-order valence-electron chi connectivity index (χ1n) is 7.15. The highest BCUT2D eigenvalue weighted by Crippen LogP contribution is 2.32. The Morgan fingerprint density at radius 2 is 2.06 bits per heavy atom. The first kappa shape index (κ1) is 13.8. The summed E-state index contributed by atoms with van der Waals surface area (Å²) in [5, 5.41) is 9.02. The van der Waals surface area contributed by atoms with Gasteiger partial charge in [0, 0.05) is 12.6 Å². The van der Waals surface area contributed by atoms with Crippen LogP contribution in [0.5, 0.6) is 0 Å². The second-order valence-corrected chi connectivity index (χ2v) is 5.95. The predicted molar refractivity (Wildman–Crippen MR) is 69.6 cm³/mol. The minimum Gasteiger partial charge on any atom is -0.481 e. The summed E-state index contributed by atoms with van der Waals surface area (Å²) in [5.41, 5.74) is 0.0204. The molecule has 104 valence electrons. The van der Waals surface area contributed by atoms with Crippen LogP contribution in [0.15, 0.2) is 0 Å². The fourth-order valence-corrected chi connectivity index (χ4v) is 3.17. The van der Waals surface area contributed by atoms with Crippen LogP contribution >= 0.6 is 0 Å². The van der Waals surface area contributed by atoms with Gasteiger partial charge in [-0.1, -0.05) is 6.92 Å². The van der Waals surface area contributed by atoms with Crippen molar-refractivity contribution in [1.82, 2.24) is 4.90 Å². The highest BCUT2D eigenvalue weighted by Gasteiger charge is 2.36. The molecule has 2 rings (SSSR count). The zero-order valence-corrected chi connectivity index (χ0v) is 11.5. The SMILES string of the molecule is CCC1(C)CC(N2CCC(C(=O)O)CC2)CCO1. The average molecular weight is 255 g/mol. The van der Waals surface area contributed by atoms with Gasteiger partial charge < -0.3 is 14.7 Å². The van der Waals surface area contributed by atoms with Crippen LogP contribution < -0.4 is 0 Å². The monoisotopic (exact) mass is 255 g/mol. The van der Waals surface area contributed by atoms with Crippen molar-refractivity contribution >= 4 is 5.97 Å². The number of hydrogen-bond acceptors (Lipinski definition) is 3. The minimum atomic E-state index is -0.625. The molecule has 4 heteroatoms. The Kier molecular flexibility index (Phi) is 4.28. The lowest BCUT2D eigenvalue weighted by Crippen LogP contribution is -2.50. The van der Waals surface area contributed by atoms with Crippen LogP contribution in [-0.4, -0.2) is 47.3 Å². The number of carboxylic acids is 1. The molecule has 0 bridgehead atoms. The fraction of sp³-hybridized carbons (Fsp3) is 0.929. The number of rotatable bonds is 3. The van der Waals surface area contributed by atoms with Gasteiger partial charge in [0.1, 0.15) is 0 Å². The van der Waals surface area contributed by atoms with Crippen LogP contribution in [0.2, 0.25) is 0 Å². The Morgan fingerprint density at radius 1 is 1.39 bits per heavy atom. The van der Waals surface area contributed by atoms with Crippen LogP contribution in [0.1, 0.15) is 46.0 Å². The van der Waals surface area contributed by atoms with Crippen molar-refractivity contribution in [3.8, 4) is 0 Å². The van der Waals surface area contributed by atoms with Crippen molar-refractivity contribution in [3.05, 3.63) is 0 Å². The molecule has 4 nitrogen and oxygen atoms in total. The average Bonchev–Trinajstić information content (AvgIpc) is 2.39. The van der Waals surface area contributed by atoms with Gasteiger partial charge in [-0.3, -0.25) is 4.79 Å². The number of likely N-dealkylation sites (tertiary alicyclic amines) is 1. The van der Waals surface area contributed by atoms with Crippen LogP contribution in [-0.2, 0) is 9.53 Å². The van der Waals surface area contributed by atoms with Crippen molar-refractivity contribution in [2.24, 2.45) is 5.92 Å². The number of piperidine rings is 1. The second-order valence-electron chi connectivity index (χ2n) is 5.95. The summed E-state index contributed by atoms with van der Waals surface area (Å²) in [7, 11) is 0. The van der Waals surface area contributed by atoms with Crippen molar-refractivity contribution in [1.29, 1.82) is 0 Å². The van der Waals surface area contributed by atoms with Gasteiger partial charge in [0.05, 0.1) is 11.5 Å². The normalized spacial score (nSPS) is 35.6. The van der Waals surface area contributed by atoms with E-state index < -0.39 is 5.97 Å². The molecule has 0 radical (unpaired) electrons. The van der Waals surface area contributed by atoms with E-state index in [0.717, 1.165) is 51.8 Å². The Balaban J connectivity index is 1.87. The van der Waals surface area contributed by atoms with Crippen LogP contribution in [0.25, 0.3) is 0 Å². The van der Waals surface area contributed by atoms with E-state index in [-0.39, 0.29) is 11.5 Å². The van der Waals surface area contributed by atoms with Crippen molar-refractivity contribution in [2.45, 2.75) is 57.6 Å². The first-order chi connectivity index (χ1) is 8.54. The summed E-state index contributed by atoms with van der Waals surface area (Å²) < 4.78 is 5.87. The summed E-state index contributed by atoms with van der Waals surface area (Å²) in [6.07, 6.45) is 4.83. The smallest absolute Gasteiger partial charge is 0.306 e. The number of hydrogen-bond donors (Lipinski definition) is 1. The molecule has 0 amide bonds. The van der Waals surface area contributed by atoms with Gasteiger partial charge >= 0.3 is 5.97 Å². The molecule has 0 spiro atoms. The number of nitrogens with zero attached hydrogens (tertiary/aromatic N) is 1. The van der Waals surface area contributed by atoms with Gasteiger partial charge in [0.2, 0.25) is 0 Å². The van der Waals surface area contributed by atoms with Crippen LogP contribution in [0.3, 0.4) is 0 Å². The Hall–Kier alpha value is -0.610.